The number of ether oxygens (including phenoxy) is 1. The van der Waals surface area contributed by atoms with Crippen LogP contribution < -0.4 is 11.2 Å². The smallest absolute Gasteiger partial charge is 0.332 e. The molecular weight excluding hydrogens is 382 g/mol. The Bertz CT molecular complexity index is 1200. The molecule has 160 valence electrons. The van der Waals surface area contributed by atoms with Crippen LogP contribution in [0.3, 0.4) is 0 Å². The summed E-state index contributed by atoms with van der Waals surface area (Å²) >= 11 is 0. The largest absolute Gasteiger partial charge is 0.373 e. The number of fused-ring (bicyclic) bond motifs is 1. The molecule has 30 heavy (non-hydrogen) atoms. The number of aryl methyl sites for hydroxylation is 2. The van der Waals surface area contributed by atoms with Crippen molar-refractivity contribution in [2.75, 3.05) is 13.1 Å². The Labute approximate surface area is 175 Å². The Morgan fingerprint density at radius 2 is 1.70 bits per heavy atom. The highest BCUT2D eigenvalue weighted by atomic mass is 16.5. The number of aromatic nitrogens is 4. The van der Waals surface area contributed by atoms with E-state index in [2.05, 4.69) is 37.8 Å². The molecule has 1 aliphatic rings. The SMILES string of the molecule is Cc1ccccc1Cn1c(CN2C[C@@H](C)O[C@@H](C)C2)nc2c1c(=O)n(C)c(=O)n2C. The van der Waals surface area contributed by atoms with E-state index in [1.807, 2.05) is 16.7 Å². The van der Waals surface area contributed by atoms with Crippen molar-refractivity contribution in [2.24, 2.45) is 14.1 Å². The maximum absolute atomic E-state index is 13.1. The van der Waals surface area contributed by atoms with E-state index in [-0.39, 0.29) is 23.5 Å². The molecule has 0 amide bonds. The summed E-state index contributed by atoms with van der Waals surface area (Å²) in [6.45, 7) is 8.92. The number of hydrogen-bond donors (Lipinski definition) is 0. The first-order valence-corrected chi connectivity index (χ1v) is 10.3. The third-order valence-electron chi connectivity index (χ3n) is 5.88. The fraction of sp³-hybridized carbons (Fsp3) is 0.500. The van der Waals surface area contributed by atoms with Gasteiger partial charge >= 0.3 is 5.69 Å². The molecule has 4 rings (SSSR count). The van der Waals surface area contributed by atoms with Crippen molar-refractivity contribution in [3.05, 3.63) is 62.1 Å². The lowest BCUT2D eigenvalue weighted by Gasteiger charge is -2.35. The second kappa shape index (κ2) is 7.85. The number of imidazole rings is 1. The summed E-state index contributed by atoms with van der Waals surface area (Å²) < 4.78 is 10.4. The monoisotopic (exact) mass is 411 g/mol. The number of benzene rings is 1. The van der Waals surface area contributed by atoms with Gasteiger partial charge in [-0.25, -0.2) is 9.78 Å². The summed E-state index contributed by atoms with van der Waals surface area (Å²) in [4.78, 5) is 32.6. The fourth-order valence-corrected chi connectivity index (χ4v) is 4.35. The predicted molar refractivity (Wildman–Crippen MR) is 116 cm³/mol. The Morgan fingerprint density at radius 1 is 1.03 bits per heavy atom. The van der Waals surface area contributed by atoms with Crippen LogP contribution >= 0.6 is 0 Å². The van der Waals surface area contributed by atoms with Gasteiger partial charge in [-0.2, -0.15) is 0 Å². The van der Waals surface area contributed by atoms with Crippen LogP contribution in [0.1, 0.15) is 30.8 Å². The molecule has 0 bridgehead atoms. The molecule has 0 saturated carbocycles. The number of morpholine rings is 1. The minimum absolute atomic E-state index is 0.139. The molecule has 2 atom stereocenters. The normalized spacial score (nSPS) is 20.2. The first-order valence-electron chi connectivity index (χ1n) is 10.3. The van der Waals surface area contributed by atoms with Crippen LogP contribution in [0.15, 0.2) is 33.9 Å². The van der Waals surface area contributed by atoms with Gasteiger partial charge in [0.05, 0.1) is 18.8 Å². The van der Waals surface area contributed by atoms with Crippen LogP contribution in [-0.2, 0) is 31.9 Å². The molecule has 1 aromatic carbocycles. The van der Waals surface area contributed by atoms with E-state index in [1.165, 1.54) is 11.6 Å². The molecule has 8 nitrogen and oxygen atoms in total. The highest BCUT2D eigenvalue weighted by Crippen LogP contribution is 2.19. The third-order valence-corrected chi connectivity index (χ3v) is 5.88. The zero-order chi connectivity index (χ0) is 21.6. The molecule has 0 spiro atoms. The lowest BCUT2D eigenvalue weighted by atomic mass is 10.1. The van der Waals surface area contributed by atoms with Gasteiger partial charge in [0.2, 0.25) is 0 Å². The van der Waals surface area contributed by atoms with Gasteiger partial charge < -0.3 is 9.30 Å². The van der Waals surface area contributed by atoms with Crippen molar-refractivity contribution >= 4 is 11.2 Å². The number of rotatable bonds is 4. The highest BCUT2D eigenvalue weighted by molar-refractivity contribution is 5.71. The number of nitrogens with zero attached hydrogens (tertiary/aromatic N) is 5. The van der Waals surface area contributed by atoms with Gasteiger partial charge in [0.25, 0.3) is 5.56 Å². The lowest BCUT2D eigenvalue weighted by molar-refractivity contribution is -0.0712. The van der Waals surface area contributed by atoms with Gasteiger partial charge in [-0.1, -0.05) is 24.3 Å². The van der Waals surface area contributed by atoms with Crippen LogP contribution in [-0.4, -0.2) is 48.9 Å². The third kappa shape index (κ3) is 3.61. The first-order chi connectivity index (χ1) is 14.3. The van der Waals surface area contributed by atoms with E-state index in [0.29, 0.717) is 24.3 Å². The summed E-state index contributed by atoms with van der Waals surface area (Å²) in [5.74, 6) is 0.785. The number of hydrogen-bond acceptors (Lipinski definition) is 5. The van der Waals surface area contributed by atoms with Crippen molar-refractivity contribution in [2.45, 2.75) is 46.1 Å². The van der Waals surface area contributed by atoms with Gasteiger partial charge in [-0.05, 0) is 31.9 Å². The van der Waals surface area contributed by atoms with Crippen LogP contribution in [0.5, 0.6) is 0 Å². The second-order valence-corrected chi connectivity index (χ2v) is 8.37. The van der Waals surface area contributed by atoms with Crippen molar-refractivity contribution in [3.63, 3.8) is 0 Å². The van der Waals surface area contributed by atoms with Crippen LogP contribution in [0, 0.1) is 6.92 Å². The summed E-state index contributed by atoms with van der Waals surface area (Å²) in [6, 6.07) is 8.13. The molecule has 0 radical (unpaired) electrons. The van der Waals surface area contributed by atoms with Gasteiger partial charge in [-0.3, -0.25) is 18.8 Å². The summed E-state index contributed by atoms with van der Waals surface area (Å²) in [5.41, 5.74) is 2.49. The van der Waals surface area contributed by atoms with Gasteiger partial charge in [0.15, 0.2) is 11.2 Å². The minimum atomic E-state index is -0.367. The van der Waals surface area contributed by atoms with E-state index in [9.17, 15) is 9.59 Å². The maximum atomic E-state index is 13.1. The quantitative estimate of drug-likeness (QED) is 0.649. The van der Waals surface area contributed by atoms with E-state index < -0.39 is 0 Å². The van der Waals surface area contributed by atoms with Crippen LogP contribution in [0.2, 0.25) is 0 Å². The van der Waals surface area contributed by atoms with Crippen LogP contribution in [0.4, 0.5) is 0 Å². The topological polar surface area (TPSA) is 74.3 Å². The molecule has 0 unspecified atom stereocenters. The first kappa shape index (κ1) is 20.6. The van der Waals surface area contributed by atoms with Crippen LogP contribution in [0.25, 0.3) is 11.2 Å². The molecule has 1 saturated heterocycles. The molecule has 0 aliphatic carbocycles. The molecule has 3 aromatic rings. The van der Waals surface area contributed by atoms with E-state index in [1.54, 1.807) is 7.05 Å². The van der Waals surface area contributed by atoms with Crippen molar-refractivity contribution in [1.82, 2.24) is 23.6 Å². The molecule has 1 aliphatic heterocycles. The second-order valence-electron chi connectivity index (χ2n) is 8.37. The summed E-state index contributed by atoms with van der Waals surface area (Å²) in [5, 5.41) is 0. The van der Waals surface area contributed by atoms with Crippen molar-refractivity contribution in [1.29, 1.82) is 0 Å². The summed E-state index contributed by atoms with van der Waals surface area (Å²) in [6.07, 6.45) is 0.278. The van der Waals surface area contributed by atoms with E-state index >= 15 is 0 Å². The Balaban J connectivity index is 1.87. The molecule has 8 heteroatoms. The Kier molecular flexibility index (Phi) is 5.38. The molecule has 3 heterocycles. The van der Waals surface area contributed by atoms with Crippen molar-refractivity contribution in [3.8, 4) is 0 Å². The van der Waals surface area contributed by atoms with Gasteiger partial charge in [0.1, 0.15) is 5.82 Å². The standard InChI is InChI=1S/C22H29N5O3/c1-14-8-6-7-9-17(14)12-27-18(13-26-10-15(2)30-16(3)11-26)23-20-19(27)21(28)25(5)22(29)24(20)4/h6-9,15-16H,10-13H2,1-5H3/t15-,16+. The molecule has 0 N–H and O–H groups in total. The zero-order valence-electron chi connectivity index (χ0n) is 18.3. The highest BCUT2D eigenvalue weighted by Gasteiger charge is 2.26. The zero-order valence-corrected chi connectivity index (χ0v) is 18.3. The van der Waals surface area contributed by atoms with E-state index in [0.717, 1.165) is 34.6 Å². The molecular formula is C22H29N5O3. The molecule has 2 aromatic heterocycles. The average Bonchev–Trinajstić information content (AvgIpc) is 3.04. The van der Waals surface area contributed by atoms with E-state index in [4.69, 9.17) is 9.72 Å². The Hall–Kier alpha value is -2.71. The fourth-order valence-electron chi connectivity index (χ4n) is 4.35. The average molecular weight is 412 g/mol. The molecule has 1 fully saturated rings. The maximum Gasteiger partial charge on any atom is 0.332 e. The van der Waals surface area contributed by atoms with Crippen molar-refractivity contribution < 1.29 is 4.74 Å². The van der Waals surface area contributed by atoms with Gasteiger partial charge in [-0.15, -0.1) is 0 Å². The predicted octanol–water partition coefficient (Wildman–Crippen LogP) is 1.40. The summed E-state index contributed by atoms with van der Waals surface area (Å²) in [7, 11) is 3.18. The minimum Gasteiger partial charge on any atom is -0.373 e. The Morgan fingerprint density at radius 3 is 2.37 bits per heavy atom. The van der Waals surface area contributed by atoms with Gasteiger partial charge in [0, 0.05) is 33.7 Å². The lowest BCUT2D eigenvalue weighted by Crippen LogP contribution is -2.45.